The molecule has 0 N–H and O–H groups in total. The smallest absolute Gasteiger partial charge is 0.244 e. The van der Waals surface area contributed by atoms with Crippen LogP contribution in [0.25, 0.3) is 0 Å². The maximum Gasteiger partial charge on any atom is 0.244 e. The summed E-state index contributed by atoms with van der Waals surface area (Å²) in [6.45, 7) is 4.80. The summed E-state index contributed by atoms with van der Waals surface area (Å²) in [6.07, 6.45) is 1.79. The highest BCUT2D eigenvalue weighted by atomic mass is 79.9. The third-order valence-corrected chi connectivity index (χ3v) is 5.11. The van der Waals surface area contributed by atoms with Crippen LogP contribution in [0.3, 0.4) is 0 Å². The molecule has 1 aliphatic rings. The van der Waals surface area contributed by atoms with Crippen LogP contribution in [-0.4, -0.2) is 51.7 Å². The van der Waals surface area contributed by atoms with Crippen LogP contribution in [-0.2, 0) is 17.9 Å². The number of hydrogen-bond donors (Lipinski definition) is 0. The monoisotopic (exact) mass is 412 g/mol. The SMILES string of the molecule is Cc1nn(CC(=O)N2CCN(Cc3cccc(F)c3F)CC2)cc1Br. The van der Waals surface area contributed by atoms with Crippen molar-refractivity contribution < 1.29 is 13.6 Å². The van der Waals surface area contributed by atoms with Crippen LogP contribution in [0.1, 0.15) is 11.3 Å². The van der Waals surface area contributed by atoms with Crippen LogP contribution >= 0.6 is 15.9 Å². The molecule has 0 aliphatic carbocycles. The molecule has 2 heterocycles. The zero-order chi connectivity index (χ0) is 18.0. The fourth-order valence-electron chi connectivity index (χ4n) is 2.88. The van der Waals surface area contributed by atoms with Crippen LogP contribution in [0.15, 0.2) is 28.9 Å². The molecule has 1 amide bonds. The van der Waals surface area contributed by atoms with Crippen molar-refractivity contribution in [3.63, 3.8) is 0 Å². The van der Waals surface area contributed by atoms with Crippen LogP contribution in [0.4, 0.5) is 8.78 Å². The first kappa shape index (κ1) is 18.0. The minimum atomic E-state index is -0.827. The molecule has 1 fully saturated rings. The first-order valence-electron chi connectivity index (χ1n) is 8.06. The van der Waals surface area contributed by atoms with E-state index in [9.17, 15) is 13.6 Å². The highest BCUT2D eigenvalue weighted by molar-refractivity contribution is 9.10. The van der Waals surface area contributed by atoms with Gasteiger partial charge in [-0.25, -0.2) is 8.78 Å². The molecular weight excluding hydrogens is 394 g/mol. The molecule has 0 unspecified atom stereocenters. The number of carbonyl (C=O) groups excluding carboxylic acids is 1. The molecule has 25 heavy (non-hydrogen) atoms. The van der Waals surface area contributed by atoms with Gasteiger partial charge in [-0.2, -0.15) is 5.10 Å². The van der Waals surface area contributed by atoms with E-state index in [1.807, 2.05) is 11.8 Å². The van der Waals surface area contributed by atoms with Gasteiger partial charge in [-0.05, 0) is 28.9 Å². The molecule has 134 valence electrons. The second-order valence-electron chi connectivity index (χ2n) is 6.13. The van der Waals surface area contributed by atoms with Gasteiger partial charge in [0.25, 0.3) is 0 Å². The van der Waals surface area contributed by atoms with E-state index in [-0.39, 0.29) is 12.5 Å². The fourth-order valence-corrected chi connectivity index (χ4v) is 3.20. The third kappa shape index (κ3) is 4.24. The molecule has 1 aromatic heterocycles. The van der Waals surface area contributed by atoms with E-state index >= 15 is 0 Å². The van der Waals surface area contributed by atoms with E-state index in [1.54, 1.807) is 21.8 Å². The normalized spacial score (nSPS) is 15.6. The molecule has 1 aliphatic heterocycles. The van der Waals surface area contributed by atoms with Gasteiger partial charge < -0.3 is 4.90 Å². The fraction of sp³-hybridized carbons (Fsp3) is 0.412. The van der Waals surface area contributed by atoms with E-state index in [4.69, 9.17) is 0 Å². The number of halogens is 3. The topological polar surface area (TPSA) is 41.4 Å². The van der Waals surface area contributed by atoms with Gasteiger partial charge in [0.1, 0.15) is 6.54 Å². The number of nitrogens with zero attached hydrogens (tertiary/aromatic N) is 4. The van der Waals surface area contributed by atoms with Gasteiger partial charge in [0.2, 0.25) is 5.91 Å². The zero-order valence-electron chi connectivity index (χ0n) is 13.9. The first-order chi connectivity index (χ1) is 11.9. The molecule has 3 rings (SSSR count). The Hall–Kier alpha value is -1.80. The average molecular weight is 413 g/mol. The minimum absolute atomic E-state index is 0.00610. The Labute approximate surface area is 153 Å². The Balaban J connectivity index is 1.53. The van der Waals surface area contributed by atoms with E-state index in [1.165, 1.54) is 6.07 Å². The van der Waals surface area contributed by atoms with E-state index in [0.717, 1.165) is 16.2 Å². The zero-order valence-corrected chi connectivity index (χ0v) is 15.5. The average Bonchev–Trinajstić information content (AvgIpc) is 2.90. The number of aryl methyl sites for hydroxylation is 1. The second-order valence-corrected chi connectivity index (χ2v) is 6.98. The van der Waals surface area contributed by atoms with Crippen LogP contribution in [0, 0.1) is 18.6 Å². The maximum atomic E-state index is 13.8. The number of rotatable bonds is 4. The van der Waals surface area contributed by atoms with Gasteiger partial charge in [0, 0.05) is 44.5 Å². The van der Waals surface area contributed by atoms with Gasteiger partial charge >= 0.3 is 0 Å². The maximum absolute atomic E-state index is 13.8. The van der Waals surface area contributed by atoms with E-state index in [0.29, 0.717) is 38.3 Å². The van der Waals surface area contributed by atoms with Gasteiger partial charge in [-0.15, -0.1) is 0 Å². The molecular formula is C17H19BrF2N4O. The molecule has 0 saturated carbocycles. The van der Waals surface area contributed by atoms with Crippen molar-refractivity contribution in [1.29, 1.82) is 0 Å². The predicted molar refractivity (Wildman–Crippen MR) is 92.9 cm³/mol. The number of aromatic nitrogens is 2. The number of hydrogen-bond acceptors (Lipinski definition) is 3. The molecule has 0 radical (unpaired) electrons. The molecule has 2 aromatic rings. The third-order valence-electron chi connectivity index (χ3n) is 4.33. The van der Waals surface area contributed by atoms with E-state index in [2.05, 4.69) is 21.0 Å². The lowest BCUT2D eigenvalue weighted by atomic mass is 10.1. The Kier molecular flexibility index (Phi) is 5.48. The summed E-state index contributed by atoms with van der Waals surface area (Å²) in [5.41, 5.74) is 1.19. The predicted octanol–water partition coefficient (Wildman–Crippen LogP) is 2.58. The largest absolute Gasteiger partial charge is 0.339 e. The summed E-state index contributed by atoms with van der Waals surface area (Å²) >= 11 is 3.38. The number of carbonyl (C=O) groups is 1. The van der Waals surface area contributed by atoms with Crippen LogP contribution in [0.2, 0.25) is 0 Å². The molecule has 1 aromatic carbocycles. The quantitative estimate of drug-likeness (QED) is 0.774. The van der Waals surface area contributed by atoms with E-state index < -0.39 is 11.6 Å². The van der Waals surface area contributed by atoms with Gasteiger partial charge in [0.15, 0.2) is 11.6 Å². The summed E-state index contributed by atoms with van der Waals surface area (Å²) in [5.74, 6) is -1.61. The number of benzene rings is 1. The Morgan fingerprint density at radius 2 is 1.96 bits per heavy atom. The molecule has 0 spiro atoms. The van der Waals surface area contributed by atoms with Crippen molar-refractivity contribution in [2.45, 2.75) is 20.0 Å². The lowest BCUT2D eigenvalue weighted by Gasteiger charge is -2.34. The Bertz CT molecular complexity index is 753. The van der Waals surface area contributed by atoms with Crippen molar-refractivity contribution in [2.24, 2.45) is 0 Å². The molecule has 0 atom stereocenters. The summed E-state index contributed by atoms with van der Waals surface area (Å²) in [4.78, 5) is 16.2. The minimum Gasteiger partial charge on any atom is -0.339 e. The Morgan fingerprint density at radius 1 is 1.24 bits per heavy atom. The Morgan fingerprint density at radius 3 is 2.60 bits per heavy atom. The lowest BCUT2D eigenvalue weighted by Crippen LogP contribution is -2.49. The van der Waals surface area contributed by atoms with Crippen LogP contribution in [0.5, 0.6) is 0 Å². The molecule has 8 heteroatoms. The summed E-state index contributed by atoms with van der Waals surface area (Å²) < 4.78 is 29.5. The highest BCUT2D eigenvalue weighted by Crippen LogP contribution is 2.16. The summed E-state index contributed by atoms with van der Waals surface area (Å²) in [6, 6.07) is 4.22. The first-order valence-corrected chi connectivity index (χ1v) is 8.86. The van der Waals surface area contributed by atoms with Gasteiger partial charge in [-0.1, -0.05) is 12.1 Å². The molecule has 5 nitrogen and oxygen atoms in total. The summed E-state index contributed by atoms with van der Waals surface area (Å²) in [5, 5.41) is 4.27. The summed E-state index contributed by atoms with van der Waals surface area (Å²) in [7, 11) is 0. The van der Waals surface area contributed by atoms with Crippen molar-refractivity contribution in [3.8, 4) is 0 Å². The standard InChI is InChI=1S/C17H19BrF2N4O/c1-12-14(18)10-24(21-12)11-16(25)23-7-5-22(6-8-23)9-13-3-2-4-15(19)17(13)20/h2-4,10H,5-9,11H2,1H3. The van der Waals surface area contributed by atoms with Gasteiger partial charge in [0.05, 0.1) is 10.2 Å². The van der Waals surface area contributed by atoms with Gasteiger partial charge in [-0.3, -0.25) is 14.4 Å². The second kappa shape index (κ2) is 7.61. The lowest BCUT2D eigenvalue weighted by molar-refractivity contribution is -0.133. The number of piperazine rings is 1. The van der Waals surface area contributed by atoms with Crippen LogP contribution < -0.4 is 0 Å². The molecule has 0 bridgehead atoms. The van der Waals surface area contributed by atoms with Crippen molar-refractivity contribution >= 4 is 21.8 Å². The molecule has 1 saturated heterocycles. The van der Waals surface area contributed by atoms with Crippen molar-refractivity contribution in [3.05, 3.63) is 51.8 Å². The van der Waals surface area contributed by atoms with Crippen molar-refractivity contribution in [2.75, 3.05) is 26.2 Å². The number of amides is 1. The van der Waals surface area contributed by atoms with Crippen molar-refractivity contribution in [1.82, 2.24) is 19.6 Å². The highest BCUT2D eigenvalue weighted by Gasteiger charge is 2.22.